The molecule has 5 heteroatoms. The van der Waals surface area contributed by atoms with Crippen LogP contribution in [0.2, 0.25) is 0 Å². The van der Waals surface area contributed by atoms with Gasteiger partial charge in [-0.05, 0) is 62.8 Å². The Morgan fingerprint density at radius 3 is 2.72 bits per heavy atom. The number of benzene rings is 1. The monoisotopic (exact) mass is 341 g/mol. The number of carbonyl (C=O) groups is 1. The van der Waals surface area contributed by atoms with Crippen LogP contribution < -0.4 is 0 Å². The highest BCUT2D eigenvalue weighted by molar-refractivity contribution is 5.83. The fraction of sp³-hybridized carbons (Fsp3) is 0.500. The molecule has 3 atom stereocenters. The highest BCUT2D eigenvalue weighted by Crippen LogP contribution is 2.49. The molecule has 0 bridgehead atoms. The largest absolute Gasteiger partial charge is 0.338 e. The molecular weight excluding hydrogens is 317 g/mol. The van der Waals surface area contributed by atoms with Crippen molar-refractivity contribution in [1.82, 2.24) is 14.7 Å². The van der Waals surface area contributed by atoms with Crippen LogP contribution in [-0.2, 0) is 11.3 Å². The molecule has 1 aliphatic heterocycles. The van der Waals surface area contributed by atoms with Crippen LogP contribution in [0.5, 0.6) is 0 Å². The number of hydrogen-bond donors (Lipinski definition) is 0. The molecule has 132 valence electrons. The van der Waals surface area contributed by atoms with Gasteiger partial charge >= 0.3 is 0 Å². The second-order valence-corrected chi connectivity index (χ2v) is 7.44. The van der Waals surface area contributed by atoms with E-state index in [1.807, 2.05) is 23.7 Å². The molecule has 1 aromatic heterocycles. The molecule has 1 saturated heterocycles. The summed E-state index contributed by atoms with van der Waals surface area (Å²) in [5.74, 6) is 0.352. The molecule has 0 unspecified atom stereocenters. The van der Waals surface area contributed by atoms with E-state index < -0.39 is 0 Å². The van der Waals surface area contributed by atoms with Gasteiger partial charge in [0.2, 0.25) is 5.91 Å². The number of halogens is 1. The third-order valence-corrected chi connectivity index (χ3v) is 5.55. The van der Waals surface area contributed by atoms with Gasteiger partial charge in [0.15, 0.2) is 0 Å². The number of aromatic nitrogens is 2. The van der Waals surface area contributed by atoms with Crippen LogP contribution in [0.15, 0.2) is 30.3 Å². The average Bonchev–Trinajstić information content (AvgIpc) is 3.14. The van der Waals surface area contributed by atoms with Crippen LogP contribution in [0.1, 0.15) is 42.1 Å². The van der Waals surface area contributed by atoms with Crippen molar-refractivity contribution < 1.29 is 9.18 Å². The Balaban J connectivity index is 1.43. The molecule has 2 aromatic rings. The fourth-order valence-corrected chi connectivity index (χ4v) is 4.13. The van der Waals surface area contributed by atoms with Gasteiger partial charge in [0.25, 0.3) is 0 Å². The van der Waals surface area contributed by atoms with Gasteiger partial charge < -0.3 is 4.90 Å². The Labute approximate surface area is 147 Å². The van der Waals surface area contributed by atoms with Crippen LogP contribution in [0.4, 0.5) is 4.39 Å². The molecule has 2 aliphatic rings. The lowest BCUT2D eigenvalue weighted by molar-refractivity contribution is -0.133. The zero-order valence-electron chi connectivity index (χ0n) is 14.8. The van der Waals surface area contributed by atoms with Crippen molar-refractivity contribution in [1.29, 1.82) is 0 Å². The Kier molecular flexibility index (Phi) is 4.10. The number of hydrogen-bond acceptors (Lipinski definition) is 2. The van der Waals surface area contributed by atoms with Gasteiger partial charge in [-0.1, -0.05) is 12.1 Å². The molecule has 2 heterocycles. The van der Waals surface area contributed by atoms with Gasteiger partial charge in [0, 0.05) is 18.2 Å². The predicted octanol–water partition coefficient (Wildman–Crippen LogP) is 3.43. The standard InChI is InChI=1S/C20H24FN3O/c1-13-10-14(2)24(22-13)12-17-4-3-9-23(17)20(25)19-11-18(19)15-5-7-16(21)8-6-15/h5-8,10,17-19H,3-4,9,11-12H2,1-2H3/t17-,18-,19-/m0/s1. The van der Waals surface area contributed by atoms with Crippen molar-refractivity contribution in [2.75, 3.05) is 6.54 Å². The quantitative estimate of drug-likeness (QED) is 0.854. The maximum atomic E-state index is 13.1. The minimum Gasteiger partial charge on any atom is -0.338 e. The Morgan fingerprint density at radius 2 is 2.04 bits per heavy atom. The molecule has 0 radical (unpaired) electrons. The van der Waals surface area contributed by atoms with Gasteiger partial charge in [-0.3, -0.25) is 9.48 Å². The molecule has 25 heavy (non-hydrogen) atoms. The van der Waals surface area contributed by atoms with E-state index in [9.17, 15) is 9.18 Å². The molecule has 1 aromatic carbocycles. The zero-order chi connectivity index (χ0) is 17.6. The van der Waals surface area contributed by atoms with Gasteiger partial charge in [-0.2, -0.15) is 5.10 Å². The minimum absolute atomic E-state index is 0.0616. The Hall–Kier alpha value is -2.17. The summed E-state index contributed by atoms with van der Waals surface area (Å²) in [6.07, 6.45) is 2.98. The lowest BCUT2D eigenvalue weighted by atomic mass is 10.1. The summed E-state index contributed by atoms with van der Waals surface area (Å²) in [6, 6.07) is 8.90. The van der Waals surface area contributed by atoms with Gasteiger partial charge in [-0.25, -0.2) is 4.39 Å². The van der Waals surface area contributed by atoms with E-state index in [0.717, 1.165) is 49.3 Å². The number of aryl methyl sites for hydroxylation is 2. The fourth-order valence-electron chi connectivity index (χ4n) is 4.13. The van der Waals surface area contributed by atoms with E-state index in [4.69, 9.17) is 0 Å². The first-order valence-corrected chi connectivity index (χ1v) is 9.10. The van der Waals surface area contributed by atoms with E-state index in [0.29, 0.717) is 0 Å². The van der Waals surface area contributed by atoms with E-state index in [-0.39, 0.29) is 29.6 Å². The van der Waals surface area contributed by atoms with Crippen molar-refractivity contribution in [3.8, 4) is 0 Å². The first-order valence-electron chi connectivity index (χ1n) is 9.10. The van der Waals surface area contributed by atoms with Crippen LogP contribution in [0.3, 0.4) is 0 Å². The normalized spacial score (nSPS) is 25.4. The van der Waals surface area contributed by atoms with E-state index in [2.05, 4.69) is 23.0 Å². The SMILES string of the molecule is Cc1cc(C)n(C[C@@H]2CCCN2C(=O)[C@H]2C[C@H]2c2ccc(F)cc2)n1. The molecular formula is C20H24FN3O. The first kappa shape index (κ1) is 16.3. The average molecular weight is 341 g/mol. The minimum atomic E-state index is -0.225. The van der Waals surface area contributed by atoms with E-state index >= 15 is 0 Å². The Bertz CT molecular complexity index is 783. The van der Waals surface area contributed by atoms with Gasteiger partial charge in [0.1, 0.15) is 5.82 Å². The molecule has 2 fully saturated rings. The summed E-state index contributed by atoms with van der Waals surface area (Å²) in [4.78, 5) is 15.0. The number of nitrogens with zero attached hydrogens (tertiary/aromatic N) is 3. The van der Waals surface area contributed by atoms with Crippen molar-refractivity contribution >= 4 is 5.91 Å². The second kappa shape index (κ2) is 6.28. The number of likely N-dealkylation sites (tertiary alicyclic amines) is 1. The topological polar surface area (TPSA) is 38.1 Å². The molecule has 4 nitrogen and oxygen atoms in total. The third kappa shape index (κ3) is 3.20. The first-order chi connectivity index (χ1) is 12.0. The van der Waals surface area contributed by atoms with Crippen LogP contribution >= 0.6 is 0 Å². The maximum Gasteiger partial charge on any atom is 0.226 e. The van der Waals surface area contributed by atoms with Gasteiger partial charge in [-0.15, -0.1) is 0 Å². The third-order valence-electron chi connectivity index (χ3n) is 5.55. The van der Waals surface area contributed by atoms with Crippen LogP contribution in [0, 0.1) is 25.6 Å². The lowest BCUT2D eigenvalue weighted by Gasteiger charge is -2.25. The van der Waals surface area contributed by atoms with Crippen molar-refractivity contribution in [2.24, 2.45) is 5.92 Å². The molecule has 4 rings (SSSR count). The highest BCUT2D eigenvalue weighted by Gasteiger charge is 2.47. The van der Waals surface area contributed by atoms with Gasteiger partial charge in [0.05, 0.1) is 18.3 Å². The maximum absolute atomic E-state index is 13.1. The highest BCUT2D eigenvalue weighted by atomic mass is 19.1. The summed E-state index contributed by atoms with van der Waals surface area (Å²) < 4.78 is 15.1. The number of rotatable bonds is 4. The lowest BCUT2D eigenvalue weighted by Crippen LogP contribution is -2.39. The summed E-state index contributed by atoms with van der Waals surface area (Å²) in [6.45, 7) is 5.68. The van der Waals surface area contributed by atoms with Crippen molar-refractivity contribution in [3.05, 3.63) is 53.1 Å². The van der Waals surface area contributed by atoms with Crippen molar-refractivity contribution in [3.63, 3.8) is 0 Å². The molecule has 1 aliphatic carbocycles. The predicted molar refractivity (Wildman–Crippen MR) is 93.7 cm³/mol. The summed E-state index contributed by atoms with van der Waals surface area (Å²) in [5.41, 5.74) is 3.24. The van der Waals surface area contributed by atoms with Crippen molar-refractivity contribution in [2.45, 2.75) is 51.6 Å². The molecule has 0 spiro atoms. The van der Waals surface area contributed by atoms with Crippen LogP contribution in [-0.4, -0.2) is 33.2 Å². The molecule has 1 amide bonds. The van der Waals surface area contributed by atoms with E-state index in [1.54, 1.807) is 0 Å². The summed E-state index contributed by atoms with van der Waals surface area (Å²) in [5, 5.41) is 4.54. The molecule has 1 saturated carbocycles. The second-order valence-electron chi connectivity index (χ2n) is 7.44. The zero-order valence-corrected chi connectivity index (χ0v) is 14.8. The number of amides is 1. The summed E-state index contributed by atoms with van der Waals surface area (Å²) >= 11 is 0. The van der Waals surface area contributed by atoms with Crippen LogP contribution in [0.25, 0.3) is 0 Å². The summed E-state index contributed by atoms with van der Waals surface area (Å²) in [7, 11) is 0. The van der Waals surface area contributed by atoms with E-state index in [1.165, 1.54) is 12.1 Å². The molecule has 0 N–H and O–H groups in total. The smallest absolute Gasteiger partial charge is 0.226 e. The number of carbonyl (C=O) groups excluding carboxylic acids is 1. The Morgan fingerprint density at radius 1 is 1.28 bits per heavy atom.